The fourth-order valence-electron chi connectivity index (χ4n) is 4.24. The monoisotopic (exact) mass is 547 g/mol. The smallest absolute Gasteiger partial charge is 0.264 e. The molecule has 4 aromatic rings. The molecule has 1 aliphatic heterocycles. The first-order valence-corrected chi connectivity index (χ1v) is 13.9. The number of nitrogens with zero attached hydrogens (tertiary/aromatic N) is 4. The number of fused-ring (bicyclic) bond motifs is 3. The van der Waals surface area contributed by atoms with Gasteiger partial charge >= 0.3 is 0 Å². The summed E-state index contributed by atoms with van der Waals surface area (Å²) >= 11 is 0. The molecule has 2 aromatic heterocycles. The Hall–Kier alpha value is -4.22. The van der Waals surface area contributed by atoms with Gasteiger partial charge in [-0.15, -0.1) is 0 Å². The number of pyridine rings is 2. The van der Waals surface area contributed by atoms with Gasteiger partial charge in [-0.1, -0.05) is 24.3 Å². The van der Waals surface area contributed by atoms with E-state index in [4.69, 9.17) is 9.47 Å². The molecule has 5 rings (SSSR count). The van der Waals surface area contributed by atoms with Gasteiger partial charge in [-0.25, -0.2) is 13.4 Å². The minimum absolute atomic E-state index is 0.0559. The van der Waals surface area contributed by atoms with Crippen LogP contribution in [0.3, 0.4) is 0 Å². The summed E-state index contributed by atoms with van der Waals surface area (Å²) in [5, 5.41) is 0.736. The van der Waals surface area contributed by atoms with Crippen LogP contribution in [0.1, 0.15) is 6.42 Å². The van der Waals surface area contributed by atoms with Crippen molar-refractivity contribution in [2.24, 2.45) is 0 Å². The molecule has 0 saturated heterocycles. The SMILES string of the molecule is CN(C)CCCOc1ncc(-c2ccc3ncc4c(c3c2)OCC(=O)N4C)cc1NS(=O)(=O)c1ccccc1. The Morgan fingerprint density at radius 2 is 1.85 bits per heavy atom. The van der Waals surface area contributed by atoms with Gasteiger partial charge in [0.1, 0.15) is 11.4 Å². The molecule has 10 nitrogen and oxygen atoms in total. The van der Waals surface area contributed by atoms with E-state index in [-0.39, 0.29) is 29.0 Å². The van der Waals surface area contributed by atoms with Gasteiger partial charge in [0.25, 0.3) is 15.9 Å². The second kappa shape index (κ2) is 10.9. The molecule has 0 unspecified atom stereocenters. The molecule has 0 aliphatic carbocycles. The molecule has 0 bridgehead atoms. The standard InChI is InChI=1S/C28H29N5O5S/c1-32(2)12-7-13-37-28-24(31-39(35,36)21-8-5-4-6-9-21)15-20(16-30-28)19-10-11-23-22(14-19)27-25(17-29-23)33(3)26(34)18-38-27/h4-6,8-11,14-17,31H,7,12-13,18H2,1-3H3. The van der Waals surface area contributed by atoms with Crippen LogP contribution in [-0.4, -0.2) is 70.1 Å². The van der Waals surface area contributed by atoms with Crippen molar-refractivity contribution in [1.82, 2.24) is 14.9 Å². The van der Waals surface area contributed by atoms with Gasteiger partial charge in [0, 0.05) is 30.7 Å². The summed E-state index contributed by atoms with van der Waals surface area (Å²) in [6, 6.07) is 15.5. The van der Waals surface area contributed by atoms with Gasteiger partial charge in [0.15, 0.2) is 12.4 Å². The van der Waals surface area contributed by atoms with E-state index in [1.54, 1.807) is 43.7 Å². The molecule has 202 valence electrons. The molecule has 0 spiro atoms. The Morgan fingerprint density at radius 1 is 1.05 bits per heavy atom. The Morgan fingerprint density at radius 3 is 2.62 bits per heavy atom. The maximum absolute atomic E-state index is 13.2. The van der Waals surface area contributed by atoms with Crippen LogP contribution in [0.25, 0.3) is 22.0 Å². The number of nitrogens with one attached hydrogen (secondary N) is 1. The summed E-state index contributed by atoms with van der Waals surface area (Å²) < 4.78 is 40.6. The van der Waals surface area contributed by atoms with Crippen molar-refractivity contribution in [1.29, 1.82) is 0 Å². The number of hydrogen-bond acceptors (Lipinski definition) is 8. The number of ether oxygens (including phenoxy) is 2. The highest BCUT2D eigenvalue weighted by Gasteiger charge is 2.25. The van der Waals surface area contributed by atoms with E-state index in [9.17, 15) is 13.2 Å². The van der Waals surface area contributed by atoms with Crippen LogP contribution < -0.4 is 19.1 Å². The van der Waals surface area contributed by atoms with Gasteiger partial charge in [0.05, 0.1) is 23.2 Å². The molecule has 3 heterocycles. The van der Waals surface area contributed by atoms with Gasteiger partial charge in [0.2, 0.25) is 5.88 Å². The number of aromatic nitrogens is 2. The summed E-state index contributed by atoms with van der Waals surface area (Å²) in [5.41, 5.74) is 2.97. The van der Waals surface area contributed by atoms with Crippen LogP contribution >= 0.6 is 0 Å². The third-order valence-electron chi connectivity index (χ3n) is 6.35. The molecule has 0 fully saturated rings. The number of benzene rings is 2. The zero-order valence-electron chi connectivity index (χ0n) is 21.9. The summed E-state index contributed by atoms with van der Waals surface area (Å²) in [7, 11) is 1.76. The second-order valence-corrected chi connectivity index (χ2v) is 11.1. The Kier molecular flexibility index (Phi) is 7.36. The van der Waals surface area contributed by atoms with Gasteiger partial charge in [-0.2, -0.15) is 0 Å². The van der Waals surface area contributed by atoms with Crippen LogP contribution in [0.4, 0.5) is 11.4 Å². The van der Waals surface area contributed by atoms with Gasteiger partial charge in [-0.05, 0) is 56.4 Å². The molecule has 0 atom stereocenters. The van der Waals surface area contributed by atoms with Crippen molar-refractivity contribution < 1.29 is 22.7 Å². The van der Waals surface area contributed by atoms with Gasteiger partial charge < -0.3 is 19.3 Å². The molecule has 0 saturated carbocycles. The lowest BCUT2D eigenvalue weighted by Crippen LogP contribution is -2.35. The lowest BCUT2D eigenvalue weighted by molar-refractivity contribution is -0.120. The lowest BCUT2D eigenvalue weighted by Gasteiger charge is -2.26. The zero-order chi connectivity index (χ0) is 27.6. The topological polar surface area (TPSA) is 114 Å². The van der Waals surface area contributed by atoms with Crippen molar-refractivity contribution >= 4 is 38.2 Å². The first-order chi connectivity index (χ1) is 18.7. The maximum atomic E-state index is 13.2. The van der Waals surface area contributed by atoms with Crippen molar-refractivity contribution in [3.05, 3.63) is 67.0 Å². The summed E-state index contributed by atoms with van der Waals surface area (Å²) in [5.74, 6) is 0.614. The van der Waals surface area contributed by atoms with E-state index in [0.717, 1.165) is 23.9 Å². The van der Waals surface area contributed by atoms with Crippen LogP contribution in [0.5, 0.6) is 11.6 Å². The fourth-order valence-corrected chi connectivity index (χ4v) is 5.31. The number of rotatable bonds is 9. The van der Waals surface area contributed by atoms with Gasteiger partial charge in [-0.3, -0.25) is 14.5 Å². The number of sulfonamides is 1. The average Bonchev–Trinajstić information content (AvgIpc) is 2.93. The van der Waals surface area contributed by atoms with E-state index in [2.05, 4.69) is 14.7 Å². The molecule has 0 radical (unpaired) electrons. The largest absolute Gasteiger partial charge is 0.481 e. The number of carbonyl (C=O) groups excluding carboxylic acids is 1. The van der Waals surface area contributed by atoms with Crippen molar-refractivity contribution in [2.45, 2.75) is 11.3 Å². The first kappa shape index (κ1) is 26.4. The van der Waals surface area contributed by atoms with Crippen molar-refractivity contribution in [3.8, 4) is 22.8 Å². The third-order valence-corrected chi connectivity index (χ3v) is 7.73. The highest BCUT2D eigenvalue weighted by Crippen LogP contribution is 2.39. The number of amides is 1. The minimum Gasteiger partial charge on any atom is -0.481 e. The second-order valence-electron chi connectivity index (χ2n) is 9.45. The normalized spacial score (nSPS) is 13.3. The summed E-state index contributed by atoms with van der Waals surface area (Å²) in [6.07, 6.45) is 4.01. The lowest BCUT2D eigenvalue weighted by atomic mass is 10.0. The average molecular weight is 548 g/mol. The number of anilines is 2. The predicted octanol–water partition coefficient (Wildman–Crippen LogP) is 3.78. The molecule has 11 heteroatoms. The number of hydrogen-bond donors (Lipinski definition) is 1. The van der Waals surface area contributed by atoms with E-state index >= 15 is 0 Å². The van der Waals surface area contributed by atoms with Crippen LogP contribution in [0.15, 0.2) is 71.9 Å². The molecule has 1 amide bonds. The fraction of sp³-hybridized carbons (Fsp3) is 0.250. The van der Waals surface area contributed by atoms with E-state index in [0.29, 0.717) is 29.1 Å². The highest BCUT2D eigenvalue weighted by molar-refractivity contribution is 7.92. The summed E-state index contributed by atoms with van der Waals surface area (Å²) in [4.78, 5) is 24.7. The van der Waals surface area contributed by atoms with E-state index in [1.165, 1.54) is 17.0 Å². The molecular formula is C28H29N5O5S. The molecule has 1 aliphatic rings. The number of likely N-dealkylation sites (N-methyl/N-ethyl adjacent to an activating group) is 1. The number of carbonyl (C=O) groups is 1. The molecular weight excluding hydrogens is 518 g/mol. The Balaban J connectivity index is 1.53. The van der Waals surface area contributed by atoms with Crippen LogP contribution in [0.2, 0.25) is 0 Å². The zero-order valence-corrected chi connectivity index (χ0v) is 22.7. The predicted molar refractivity (Wildman–Crippen MR) is 150 cm³/mol. The molecule has 39 heavy (non-hydrogen) atoms. The van der Waals surface area contributed by atoms with E-state index in [1.807, 2.05) is 37.2 Å². The summed E-state index contributed by atoms with van der Waals surface area (Å²) in [6.45, 7) is 1.14. The molecule has 2 aromatic carbocycles. The minimum atomic E-state index is -3.88. The van der Waals surface area contributed by atoms with Crippen molar-refractivity contribution in [2.75, 3.05) is 50.5 Å². The quantitative estimate of drug-likeness (QED) is 0.315. The van der Waals surface area contributed by atoms with Crippen LogP contribution in [-0.2, 0) is 14.8 Å². The Labute approximate surface area is 227 Å². The third kappa shape index (κ3) is 5.64. The maximum Gasteiger partial charge on any atom is 0.264 e. The van der Waals surface area contributed by atoms with Crippen molar-refractivity contribution in [3.63, 3.8) is 0 Å². The molecule has 1 N–H and O–H groups in total. The first-order valence-electron chi connectivity index (χ1n) is 12.4. The Bertz CT molecular complexity index is 1630. The van der Waals surface area contributed by atoms with Crippen LogP contribution in [0, 0.1) is 0 Å². The highest BCUT2D eigenvalue weighted by atomic mass is 32.2. The van der Waals surface area contributed by atoms with E-state index < -0.39 is 10.0 Å².